The summed E-state index contributed by atoms with van der Waals surface area (Å²) < 4.78 is 15.3. The third-order valence-electron chi connectivity index (χ3n) is 6.33. The maximum absolute atomic E-state index is 13.8. The number of carbonyl (C=O) groups excluding carboxylic acids is 1. The summed E-state index contributed by atoms with van der Waals surface area (Å²) in [7, 11) is 1.81. The number of carbonyl (C=O) groups is 1. The van der Waals surface area contributed by atoms with E-state index in [0.717, 1.165) is 59.2 Å². The van der Waals surface area contributed by atoms with Gasteiger partial charge >= 0.3 is 0 Å². The van der Waals surface area contributed by atoms with E-state index in [9.17, 15) is 14.0 Å². The Morgan fingerprint density at radius 1 is 1.07 bits per heavy atom. The zero-order valence-electron chi connectivity index (χ0n) is 16.8. The number of nitrogens with zero attached hydrogens (tertiary/aromatic N) is 3. The summed E-state index contributed by atoms with van der Waals surface area (Å²) in [6.07, 6.45) is 8.81. The smallest absolute Gasteiger partial charge is 0.251 e. The van der Waals surface area contributed by atoms with E-state index in [4.69, 9.17) is 0 Å². The molecule has 0 N–H and O–H groups in total. The van der Waals surface area contributed by atoms with Crippen LogP contribution in [-0.2, 0) is 17.6 Å². The molecule has 30 heavy (non-hydrogen) atoms. The van der Waals surface area contributed by atoms with Gasteiger partial charge in [0.25, 0.3) is 5.56 Å². The van der Waals surface area contributed by atoms with Crippen molar-refractivity contribution in [3.63, 3.8) is 0 Å². The van der Waals surface area contributed by atoms with Crippen molar-refractivity contribution in [3.8, 4) is 11.1 Å². The minimum absolute atomic E-state index is 0.136. The van der Waals surface area contributed by atoms with Crippen LogP contribution < -0.4 is 10.5 Å². The Morgan fingerprint density at radius 2 is 1.93 bits per heavy atom. The highest BCUT2D eigenvalue weighted by molar-refractivity contribution is 5.96. The van der Waals surface area contributed by atoms with Gasteiger partial charge in [-0.25, -0.2) is 4.39 Å². The minimum atomic E-state index is -0.417. The Bertz CT molecular complexity index is 1220. The Hall–Kier alpha value is -3.28. The molecule has 6 heteroatoms. The van der Waals surface area contributed by atoms with Crippen LogP contribution in [0.15, 0.2) is 53.7 Å². The van der Waals surface area contributed by atoms with Crippen molar-refractivity contribution in [2.75, 3.05) is 11.9 Å². The third kappa shape index (κ3) is 3.03. The lowest BCUT2D eigenvalue weighted by molar-refractivity contribution is -0.118. The van der Waals surface area contributed by atoms with Gasteiger partial charge < -0.3 is 9.47 Å². The number of aromatic nitrogens is 2. The predicted molar refractivity (Wildman–Crippen MR) is 113 cm³/mol. The van der Waals surface area contributed by atoms with Crippen molar-refractivity contribution in [1.29, 1.82) is 0 Å². The van der Waals surface area contributed by atoms with Crippen molar-refractivity contribution in [1.82, 2.24) is 9.55 Å². The van der Waals surface area contributed by atoms with Gasteiger partial charge in [-0.05, 0) is 66.1 Å². The molecule has 0 unspecified atom stereocenters. The number of anilines is 1. The first-order chi connectivity index (χ1) is 14.5. The molecule has 1 atom stereocenters. The summed E-state index contributed by atoms with van der Waals surface area (Å²) in [6, 6.07) is 8.44. The van der Waals surface area contributed by atoms with Gasteiger partial charge in [-0.2, -0.15) is 0 Å². The number of hydrogen-bond donors (Lipinski definition) is 0. The predicted octanol–water partition coefficient (Wildman–Crippen LogP) is 3.88. The van der Waals surface area contributed by atoms with Crippen LogP contribution in [0.4, 0.5) is 10.1 Å². The highest BCUT2D eigenvalue weighted by atomic mass is 19.1. The summed E-state index contributed by atoms with van der Waals surface area (Å²) in [5, 5.41) is 0. The SMILES string of the molecule is CN1C(=O)CCc2cc(-c3cncc4c3CCC[C@H]4n3cc(F)ccc3=O)ccc21. The monoisotopic (exact) mass is 403 g/mol. The highest BCUT2D eigenvalue weighted by Crippen LogP contribution is 2.39. The molecule has 0 saturated carbocycles. The molecule has 2 aliphatic rings. The fourth-order valence-electron chi connectivity index (χ4n) is 4.78. The lowest BCUT2D eigenvalue weighted by atomic mass is 9.84. The first-order valence-corrected chi connectivity index (χ1v) is 10.3. The van der Waals surface area contributed by atoms with Gasteiger partial charge in [0.15, 0.2) is 0 Å². The molecule has 0 radical (unpaired) electrons. The van der Waals surface area contributed by atoms with Crippen molar-refractivity contribution in [3.05, 3.63) is 81.8 Å². The molecule has 1 aromatic carbocycles. The maximum atomic E-state index is 13.8. The number of aryl methyl sites for hydroxylation is 1. The molecule has 2 aromatic heterocycles. The Balaban J connectivity index is 1.61. The first-order valence-electron chi connectivity index (χ1n) is 10.3. The molecular formula is C24H22FN3O2. The average molecular weight is 403 g/mol. The number of halogens is 1. The zero-order valence-corrected chi connectivity index (χ0v) is 16.8. The molecular weight excluding hydrogens is 381 g/mol. The molecule has 5 rings (SSSR count). The van der Waals surface area contributed by atoms with Crippen molar-refractivity contribution < 1.29 is 9.18 Å². The fraction of sp³-hybridized carbons (Fsp3) is 0.292. The van der Waals surface area contributed by atoms with Crippen molar-refractivity contribution >= 4 is 11.6 Å². The molecule has 5 nitrogen and oxygen atoms in total. The number of fused-ring (bicyclic) bond motifs is 2. The maximum Gasteiger partial charge on any atom is 0.251 e. The van der Waals surface area contributed by atoms with Crippen LogP contribution in [0.2, 0.25) is 0 Å². The Labute approximate surface area is 173 Å². The molecule has 152 valence electrons. The van der Waals surface area contributed by atoms with Gasteiger partial charge in [0.1, 0.15) is 5.82 Å². The zero-order chi connectivity index (χ0) is 20.8. The number of amides is 1. The lowest BCUT2D eigenvalue weighted by Crippen LogP contribution is -2.31. The molecule has 0 saturated heterocycles. The van der Waals surface area contributed by atoms with E-state index >= 15 is 0 Å². The second-order valence-electron chi connectivity index (χ2n) is 8.05. The van der Waals surface area contributed by atoms with Crippen LogP contribution in [0.3, 0.4) is 0 Å². The van der Waals surface area contributed by atoms with Gasteiger partial charge in [0.05, 0.1) is 6.04 Å². The van der Waals surface area contributed by atoms with Gasteiger partial charge in [-0.3, -0.25) is 14.6 Å². The molecule has 1 amide bonds. The number of benzene rings is 1. The molecule has 3 heterocycles. The third-order valence-corrected chi connectivity index (χ3v) is 6.33. The number of rotatable bonds is 2. The van der Waals surface area contributed by atoms with E-state index in [1.807, 2.05) is 31.6 Å². The van der Waals surface area contributed by atoms with Crippen LogP contribution in [0.1, 0.15) is 42.0 Å². The fourth-order valence-corrected chi connectivity index (χ4v) is 4.78. The summed E-state index contributed by atoms with van der Waals surface area (Å²) >= 11 is 0. The molecule has 1 aliphatic heterocycles. The minimum Gasteiger partial charge on any atom is -0.315 e. The van der Waals surface area contributed by atoms with Crippen LogP contribution in [-0.4, -0.2) is 22.5 Å². The van der Waals surface area contributed by atoms with E-state index < -0.39 is 5.82 Å². The van der Waals surface area contributed by atoms with Gasteiger partial charge in [0, 0.05) is 49.4 Å². The summed E-state index contributed by atoms with van der Waals surface area (Å²) in [5.74, 6) is -0.281. The second kappa shape index (κ2) is 7.20. The summed E-state index contributed by atoms with van der Waals surface area (Å²) in [4.78, 5) is 30.6. The van der Waals surface area contributed by atoms with E-state index in [1.165, 1.54) is 22.9 Å². The summed E-state index contributed by atoms with van der Waals surface area (Å²) in [6.45, 7) is 0. The first kappa shape index (κ1) is 18.7. The van der Waals surface area contributed by atoms with Gasteiger partial charge in [-0.15, -0.1) is 0 Å². The quantitative estimate of drug-likeness (QED) is 0.652. The van der Waals surface area contributed by atoms with E-state index in [-0.39, 0.29) is 17.5 Å². The van der Waals surface area contributed by atoms with E-state index in [0.29, 0.717) is 6.42 Å². The Morgan fingerprint density at radius 3 is 2.80 bits per heavy atom. The van der Waals surface area contributed by atoms with E-state index in [2.05, 4.69) is 11.1 Å². The van der Waals surface area contributed by atoms with Crippen LogP contribution >= 0.6 is 0 Å². The molecule has 1 aliphatic carbocycles. The van der Waals surface area contributed by atoms with Crippen LogP contribution in [0.25, 0.3) is 11.1 Å². The molecule has 0 bridgehead atoms. The Kier molecular flexibility index (Phi) is 4.50. The average Bonchev–Trinajstić information content (AvgIpc) is 2.77. The largest absolute Gasteiger partial charge is 0.315 e. The number of pyridine rings is 2. The lowest BCUT2D eigenvalue weighted by Gasteiger charge is -2.29. The topological polar surface area (TPSA) is 55.2 Å². The van der Waals surface area contributed by atoms with Crippen LogP contribution in [0.5, 0.6) is 0 Å². The van der Waals surface area contributed by atoms with Gasteiger partial charge in [0.2, 0.25) is 5.91 Å². The molecule has 0 fully saturated rings. The van der Waals surface area contributed by atoms with Gasteiger partial charge in [-0.1, -0.05) is 6.07 Å². The number of hydrogen-bond acceptors (Lipinski definition) is 3. The molecule has 3 aromatic rings. The normalized spacial score (nSPS) is 18.1. The molecule has 0 spiro atoms. The van der Waals surface area contributed by atoms with Crippen molar-refractivity contribution in [2.45, 2.75) is 38.1 Å². The highest BCUT2D eigenvalue weighted by Gasteiger charge is 2.26. The van der Waals surface area contributed by atoms with Crippen molar-refractivity contribution in [2.24, 2.45) is 0 Å². The van der Waals surface area contributed by atoms with Crippen LogP contribution in [0, 0.1) is 5.82 Å². The summed E-state index contributed by atoms with van der Waals surface area (Å²) in [5.41, 5.74) is 6.16. The standard InChI is InChI=1S/C24H22FN3O2/c1-27-21-8-5-15(11-16(21)6-9-23(27)29)19-12-26-13-20-18(19)3-2-4-22(20)28-14-17(25)7-10-24(28)30/h5,7-8,10-14,22H,2-4,6,9H2,1H3/t22-/m1/s1. The second-order valence-corrected chi connectivity index (χ2v) is 8.05. The van der Waals surface area contributed by atoms with E-state index in [1.54, 1.807) is 4.90 Å².